The zero-order valence-electron chi connectivity index (χ0n) is 32.0. The van der Waals surface area contributed by atoms with Gasteiger partial charge in [0.05, 0.1) is 11.6 Å². The van der Waals surface area contributed by atoms with Gasteiger partial charge in [0.1, 0.15) is 0 Å². The number of nitrogens with zero attached hydrogens (tertiary/aromatic N) is 1. The lowest BCUT2D eigenvalue weighted by molar-refractivity contribution is 1.13. The van der Waals surface area contributed by atoms with E-state index in [-0.39, 0.29) is 0 Å². The minimum absolute atomic E-state index is 0.749. The predicted molar refractivity (Wildman–Crippen MR) is 247 cm³/mol. The van der Waals surface area contributed by atoms with Crippen molar-refractivity contribution < 1.29 is 0 Å². The van der Waals surface area contributed by atoms with E-state index in [1.54, 1.807) is 0 Å². The second kappa shape index (κ2) is 12.5. The highest BCUT2D eigenvalue weighted by Crippen LogP contribution is 2.55. The maximum Gasteiger partial charge on any atom is 0.0994 e. The van der Waals surface area contributed by atoms with E-state index in [1.165, 1.54) is 109 Å². The van der Waals surface area contributed by atoms with E-state index < -0.39 is 0 Å². The SMILES string of the molecule is CCc1cc(-c2cccc(-c3ccc4c5c(-c6ccccc6)c6c(cc7c8ccccc8c8cccc6c87)c(-c6ccccc6)c5c5cccc3c54)c2)ccc1C#N. The molecule has 0 aliphatic carbocycles. The van der Waals surface area contributed by atoms with Gasteiger partial charge in [0.15, 0.2) is 0 Å². The maximum absolute atomic E-state index is 9.70. The number of aryl methyl sites for hydroxylation is 1. The highest BCUT2D eigenvalue weighted by atomic mass is 14.3. The summed E-state index contributed by atoms with van der Waals surface area (Å²) in [6, 6.07) is 69.6. The summed E-state index contributed by atoms with van der Waals surface area (Å²) in [6.07, 6.45) is 0.822. The van der Waals surface area contributed by atoms with Gasteiger partial charge in [0, 0.05) is 0 Å². The Morgan fingerprint density at radius 2 is 0.879 bits per heavy atom. The third-order valence-corrected chi connectivity index (χ3v) is 12.8. The van der Waals surface area contributed by atoms with Crippen LogP contribution in [-0.2, 0) is 6.42 Å². The zero-order valence-corrected chi connectivity index (χ0v) is 32.0. The molecule has 1 heteroatoms. The van der Waals surface area contributed by atoms with E-state index in [0.29, 0.717) is 0 Å². The summed E-state index contributed by atoms with van der Waals surface area (Å²) in [5, 5.41) is 27.9. The molecule has 0 aliphatic heterocycles. The lowest BCUT2D eigenvalue weighted by atomic mass is 9.84. The number of fused-ring (bicyclic) bond motifs is 8. The van der Waals surface area contributed by atoms with Crippen molar-refractivity contribution in [3.05, 3.63) is 193 Å². The van der Waals surface area contributed by atoms with Crippen LogP contribution in [0.3, 0.4) is 0 Å². The second-order valence-electron chi connectivity index (χ2n) is 15.7. The molecule has 0 N–H and O–H groups in total. The molecule has 12 rings (SSSR count). The Morgan fingerprint density at radius 1 is 0.345 bits per heavy atom. The number of hydrogen-bond acceptors (Lipinski definition) is 1. The quantitative estimate of drug-likeness (QED) is 0.162. The van der Waals surface area contributed by atoms with Gasteiger partial charge in [-0.2, -0.15) is 5.26 Å². The van der Waals surface area contributed by atoms with Gasteiger partial charge >= 0.3 is 0 Å². The maximum atomic E-state index is 9.70. The molecule has 0 atom stereocenters. The van der Waals surface area contributed by atoms with Gasteiger partial charge in [-0.05, 0) is 156 Å². The van der Waals surface area contributed by atoms with Gasteiger partial charge in [-0.3, -0.25) is 0 Å². The van der Waals surface area contributed by atoms with Crippen molar-refractivity contribution in [3.63, 3.8) is 0 Å². The van der Waals surface area contributed by atoms with Gasteiger partial charge in [0.2, 0.25) is 0 Å². The Labute approximate surface area is 336 Å². The fourth-order valence-corrected chi connectivity index (χ4v) is 10.3. The summed E-state index contributed by atoms with van der Waals surface area (Å²) in [6.45, 7) is 2.11. The van der Waals surface area contributed by atoms with Crippen molar-refractivity contribution in [2.24, 2.45) is 0 Å². The average molecular weight is 734 g/mol. The summed E-state index contributed by atoms with van der Waals surface area (Å²) in [5.74, 6) is 0. The summed E-state index contributed by atoms with van der Waals surface area (Å²) in [7, 11) is 0. The Bertz CT molecular complexity index is 3650. The molecule has 0 heterocycles. The fourth-order valence-electron chi connectivity index (χ4n) is 10.3. The van der Waals surface area contributed by atoms with Crippen molar-refractivity contribution in [1.29, 1.82) is 5.26 Å². The standard InChI is InChI=1S/C57H35N/c1-2-34-30-38(26-27-40(34)33-58)37-18-11-19-39(31-37)41-28-29-48-53-44(41)22-12-25-47(53)56-51(35-14-5-3-6-15-35)50-32-49-43-21-10-9-20-42(43)45-23-13-24-46(54(45)49)55(50)52(57(48)56)36-16-7-4-8-17-36/h3-32H,2H2,1H3. The molecular formula is C57H35N. The Kier molecular flexibility index (Phi) is 7.04. The first kappa shape index (κ1) is 32.7. The summed E-state index contributed by atoms with van der Waals surface area (Å²) < 4.78 is 0. The first-order chi connectivity index (χ1) is 28.7. The van der Waals surface area contributed by atoms with E-state index in [9.17, 15) is 5.26 Å². The molecule has 0 bridgehead atoms. The summed E-state index contributed by atoms with van der Waals surface area (Å²) in [4.78, 5) is 0. The molecule has 58 heavy (non-hydrogen) atoms. The molecule has 268 valence electrons. The molecule has 0 spiro atoms. The smallest absolute Gasteiger partial charge is 0.0994 e. The molecule has 12 aromatic rings. The number of nitriles is 1. The molecule has 0 fully saturated rings. The van der Waals surface area contributed by atoms with E-state index in [0.717, 1.165) is 28.7 Å². The van der Waals surface area contributed by atoms with Crippen molar-refractivity contribution >= 4 is 75.4 Å². The Morgan fingerprint density at radius 3 is 1.62 bits per heavy atom. The van der Waals surface area contributed by atoms with Crippen LogP contribution in [0.15, 0.2) is 182 Å². The zero-order chi connectivity index (χ0) is 38.5. The lowest BCUT2D eigenvalue weighted by Crippen LogP contribution is -1.91. The van der Waals surface area contributed by atoms with E-state index in [4.69, 9.17) is 0 Å². The van der Waals surface area contributed by atoms with Crippen molar-refractivity contribution in [2.75, 3.05) is 0 Å². The van der Waals surface area contributed by atoms with Gasteiger partial charge in [-0.25, -0.2) is 0 Å². The van der Waals surface area contributed by atoms with Crippen LogP contribution >= 0.6 is 0 Å². The molecule has 0 radical (unpaired) electrons. The topological polar surface area (TPSA) is 23.8 Å². The number of hydrogen-bond donors (Lipinski definition) is 0. The molecular weight excluding hydrogens is 699 g/mol. The van der Waals surface area contributed by atoms with Crippen LogP contribution in [0.25, 0.3) is 120 Å². The van der Waals surface area contributed by atoms with Gasteiger partial charge < -0.3 is 0 Å². The fraction of sp³-hybridized carbons (Fsp3) is 0.0351. The van der Waals surface area contributed by atoms with Crippen LogP contribution in [-0.4, -0.2) is 0 Å². The number of rotatable bonds is 5. The van der Waals surface area contributed by atoms with Gasteiger partial charge in [-0.15, -0.1) is 0 Å². The third kappa shape index (κ3) is 4.52. The average Bonchev–Trinajstić information content (AvgIpc) is 3.80. The highest BCUT2D eigenvalue weighted by Gasteiger charge is 2.27. The van der Waals surface area contributed by atoms with Crippen molar-refractivity contribution in [1.82, 2.24) is 0 Å². The molecule has 0 amide bonds. The van der Waals surface area contributed by atoms with E-state index in [2.05, 4.69) is 189 Å². The van der Waals surface area contributed by atoms with E-state index >= 15 is 0 Å². The van der Waals surface area contributed by atoms with Gasteiger partial charge in [-0.1, -0.05) is 165 Å². The lowest BCUT2D eigenvalue weighted by Gasteiger charge is -2.19. The minimum atomic E-state index is 0.749. The first-order valence-electron chi connectivity index (χ1n) is 20.2. The Hall–Kier alpha value is -7.53. The molecule has 0 aliphatic rings. The van der Waals surface area contributed by atoms with E-state index in [1.807, 2.05) is 6.07 Å². The van der Waals surface area contributed by atoms with Crippen molar-refractivity contribution in [3.8, 4) is 50.6 Å². The number of benzene rings is 10. The van der Waals surface area contributed by atoms with Crippen molar-refractivity contribution in [2.45, 2.75) is 13.3 Å². The normalized spacial score (nSPS) is 11.9. The molecule has 1 nitrogen and oxygen atoms in total. The first-order valence-corrected chi connectivity index (χ1v) is 20.2. The van der Waals surface area contributed by atoms with Crippen LogP contribution in [0.5, 0.6) is 0 Å². The monoisotopic (exact) mass is 733 g/mol. The molecule has 0 unspecified atom stereocenters. The summed E-state index contributed by atoms with van der Waals surface area (Å²) >= 11 is 0. The summed E-state index contributed by atoms with van der Waals surface area (Å²) in [5.41, 5.74) is 11.5. The van der Waals surface area contributed by atoms with Crippen LogP contribution in [0.2, 0.25) is 0 Å². The predicted octanol–water partition coefficient (Wildman–Crippen LogP) is 15.7. The molecule has 12 aromatic carbocycles. The van der Waals surface area contributed by atoms with Crippen LogP contribution < -0.4 is 0 Å². The minimum Gasteiger partial charge on any atom is -0.192 e. The second-order valence-corrected chi connectivity index (χ2v) is 15.7. The van der Waals surface area contributed by atoms with Crippen LogP contribution in [0.1, 0.15) is 18.1 Å². The molecule has 0 saturated carbocycles. The molecule has 0 saturated heterocycles. The Balaban J connectivity index is 1.25. The van der Waals surface area contributed by atoms with Crippen LogP contribution in [0.4, 0.5) is 0 Å². The molecule has 0 aromatic heterocycles. The highest BCUT2D eigenvalue weighted by molar-refractivity contribution is 6.45. The van der Waals surface area contributed by atoms with Crippen LogP contribution in [0, 0.1) is 11.3 Å². The third-order valence-electron chi connectivity index (χ3n) is 12.8. The largest absolute Gasteiger partial charge is 0.192 e. The van der Waals surface area contributed by atoms with Gasteiger partial charge in [0.25, 0.3) is 0 Å².